The number of methoxy groups -OCH3 is 1. The van der Waals surface area contributed by atoms with Crippen LogP contribution in [0.3, 0.4) is 0 Å². The maximum atomic E-state index is 12.2. The van der Waals surface area contributed by atoms with E-state index in [9.17, 15) is 15.0 Å². The number of fused-ring (bicyclic) bond motifs is 2. The highest BCUT2D eigenvalue weighted by Gasteiger charge is 2.82. The second-order valence-corrected chi connectivity index (χ2v) is 17.1. The van der Waals surface area contributed by atoms with Gasteiger partial charge in [-0.05, 0) is 87.8 Å². The normalized spacial score (nSPS) is 35.1. The predicted molar refractivity (Wildman–Crippen MR) is 180 cm³/mol. The third-order valence-corrected chi connectivity index (χ3v) is 13.9. The largest absolute Gasteiger partial charge is 0.504 e. The SMILES string of the molecule is CCCCCCCCCC(=O)O.CO[C@@]12CC[C@@]3(C[C@@H]1[C@](C)(O)C(C)(C)C)[C@H]1Cc4ccc(O)c5c4[C@@]3(CCN1CC1CC1)[C@H]2O5. The third kappa shape index (κ3) is 5.12. The number of aromatic hydroxyl groups is 1. The van der Waals surface area contributed by atoms with Crippen molar-refractivity contribution in [2.75, 3.05) is 20.2 Å². The van der Waals surface area contributed by atoms with Crippen molar-refractivity contribution in [1.82, 2.24) is 4.90 Å². The molecule has 3 N–H and O–H groups in total. The number of unbranched alkanes of at least 4 members (excludes halogenated alkanes) is 6. The molecule has 0 aromatic heterocycles. The Morgan fingerprint density at radius 1 is 1.04 bits per heavy atom. The van der Waals surface area contributed by atoms with Gasteiger partial charge in [-0.15, -0.1) is 0 Å². The van der Waals surface area contributed by atoms with Crippen LogP contribution in [0, 0.1) is 22.7 Å². The molecule has 2 aliphatic heterocycles. The number of rotatable bonds is 12. The molecule has 258 valence electrons. The van der Waals surface area contributed by atoms with Crippen LogP contribution in [-0.4, -0.2) is 69.7 Å². The van der Waals surface area contributed by atoms with Crippen LogP contribution in [0.4, 0.5) is 0 Å². The lowest BCUT2D eigenvalue weighted by Gasteiger charge is -2.75. The Morgan fingerprint density at radius 2 is 1.74 bits per heavy atom. The molecule has 5 aliphatic carbocycles. The molecule has 7 atom stereocenters. The molecular weight excluding hydrogens is 578 g/mol. The van der Waals surface area contributed by atoms with E-state index < -0.39 is 17.2 Å². The first kappa shape index (κ1) is 34.0. The number of phenolic OH excluding ortho intramolecular Hbond substituents is 1. The maximum Gasteiger partial charge on any atom is 0.303 e. The lowest BCUT2D eigenvalue weighted by molar-refractivity contribution is -0.312. The van der Waals surface area contributed by atoms with Crippen LogP contribution in [0.2, 0.25) is 0 Å². The number of aliphatic carboxylic acids is 1. The third-order valence-electron chi connectivity index (χ3n) is 13.9. The topological polar surface area (TPSA) is 99.5 Å². The molecule has 4 bridgehead atoms. The summed E-state index contributed by atoms with van der Waals surface area (Å²) >= 11 is 0. The average molecular weight is 640 g/mol. The number of likely N-dealkylation sites (tertiary alicyclic amines) is 1. The van der Waals surface area contributed by atoms with Crippen LogP contribution < -0.4 is 4.74 Å². The zero-order valence-corrected chi connectivity index (χ0v) is 29.5. The number of hydrogen-bond acceptors (Lipinski definition) is 6. The van der Waals surface area contributed by atoms with E-state index >= 15 is 0 Å². The van der Waals surface area contributed by atoms with Gasteiger partial charge in [0.1, 0.15) is 11.7 Å². The van der Waals surface area contributed by atoms with Crippen LogP contribution in [0.25, 0.3) is 0 Å². The van der Waals surface area contributed by atoms with E-state index in [-0.39, 0.29) is 34.0 Å². The molecule has 1 saturated heterocycles. The van der Waals surface area contributed by atoms with Crippen molar-refractivity contribution in [1.29, 1.82) is 0 Å². The fourth-order valence-electron chi connectivity index (χ4n) is 10.8. The van der Waals surface area contributed by atoms with Crippen molar-refractivity contribution in [3.63, 3.8) is 0 Å². The minimum absolute atomic E-state index is 0.0294. The van der Waals surface area contributed by atoms with Crippen LogP contribution >= 0.6 is 0 Å². The molecule has 46 heavy (non-hydrogen) atoms. The van der Waals surface area contributed by atoms with Crippen LogP contribution in [-0.2, 0) is 21.4 Å². The number of ether oxygens (including phenoxy) is 2. The second kappa shape index (κ2) is 12.2. The number of nitrogens with zero attached hydrogens (tertiary/aromatic N) is 1. The molecule has 0 radical (unpaired) electrons. The zero-order valence-electron chi connectivity index (χ0n) is 29.5. The van der Waals surface area contributed by atoms with Gasteiger partial charge in [0, 0.05) is 48.4 Å². The minimum Gasteiger partial charge on any atom is -0.504 e. The number of piperidine rings is 1. The van der Waals surface area contributed by atoms with Crippen molar-refractivity contribution in [3.8, 4) is 11.5 Å². The Hall–Kier alpha value is -1.83. The van der Waals surface area contributed by atoms with Gasteiger partial charge in [0.15, 0.2) is 11.5 Å². The van der Waals surface area contributed by atoms with Crippen LogP contribution in [0.5, 0.6) is 11.5 Å². The number of carboxylic acids is 1. The number of hydrogen-bond donors (Lipinski definition) is 3. The molecular formula is C39H61NO6. The fourth-order valence-corrected chi connectivity index (χ4v) is 10.8. The Balaban J connectivity index is 0.000000266. The van der Waals surface area contributed by atoms with Gasteiger partial charge in [-0.2, -0.15) is 0 Å². The second-order valence-electron chi connectivity index (χ2n) is 17.1. The molecule has 2 heterocycles. The quantitative estimate of drug-likeness (QED) is 0.202. The minimum atomic E-state index is -0.909. The highest BCUT2D eigenvalue weighted by atomic mass is 16.6. The highest BCUT2D eigenvalue weighted by molar-refractivity contribution is 5.66. The molecule has 7 nitrogen and oxygen atoms in total. The van der Waals surface area contributed by atoms with Gasteiger partial charge in [0.25, 0.3) is 0 Å². The smallest absolute Gasteiger partial charge is 0.303 e. The van der Waals surface area contributed by atoms with E-state index in [1.54, 1.807) is 0 Å². The molecule has 7 heteroatoms. The van der Waals surface area contributed by atoms with E-state index in [1.165, 1.54) is 62.6 Å². The number of carbonyl (C=O) groups is 1. The van der Waals surface area contributed by atoms with Crippen molar-refractivity contribution in [2.45, 2.75) is 160 Å². The van der Waals surface area contributed by atoms with E-state index in [2.05, 4.69) is 38.7 Å². The van der Waals surface area contributed by atoms with E-state index in [0.717, 1.165) is 57.4 Å². The first-order chi connectivity index (χ1) is 21.8. The first-order valence-corrected chi connectivity index (χ1v) is 18.5. The predicted octanol–water partition coefficient (Wildman–Crippen LogP) is 7.63. The van der Waals surface area contributed by atoms with Gasteiger partial charge in [-0.25, -0.2) is 0 Å². The van der Waals surface area contributed by atoms with Gasteiger partial charge >= 0.3 is 5.97 Å². The van der Waals surface area contributed by atoms with Crippen molar-refractivity contribution in [3.05, 3.63) is 23.3 Å². The van der Waals surface area contributed by atoms with E-state index in [1.807, 2.05) is 20.1 Å². The van der Waals surface area contributed by atoms with Gasteiger partial charge < -0.3 is 24.8 Å². The average Bonchev–Trinajstić information content (AvgIpc) is 3.75. The summed E-state index contributed by atoms with van der Waals surface area (Å²) < 4.78 is 13.5. The fraction of sp³-hybridized carbons (Fsp3) is 0.821. The summed E-state index contributed by atoms with van der Waals surface area (Å²) in [4.78, 5) is 13.0. The van der Waals surface area contributed by atoms with Gasteiger partial charge in [0.2, 0.25) is 0 Å². The van der Waals surface area contributed by atoms with Gasteiger partial charge in [0.05, 0.1) is 5.60 Å². The van der Waals surface area contributed by atoms with Crippen LogP contribution in [0.1, 0.15) is 136 Å². The Bertz CT molecular complexity index is 1280. The molecule has 8 rings (SSSR count). The molecule has 7 aliphatic rings. The molecule has 2 spiro atoms. The molecule has 1 aromatic rings. The molecule has 5 fully saturated rings. The standard InChI is InChI=1S/C29H41NO4.C10H20O2/c1-25(2,3)26(4,32)20-15-27-10-11-29(20,33-5)24-28(27)12-13-30(16-17-6-7-17)21(27)14-18-8-9-19(31)23(34-24)22(18)28;1-2-3-4-5-6-7-8-9-10(11)12/h8-9,17,20-21,24,31-32H,6-7,10-16H2,1-5H3;2-9H2,1H3,(H,11,12)/t20-,21-,24-,26+,27-,28+,29+;/m1./s1. The number of carboxylic acid groups (broad SMARTS) is 1. The Labute approximate surface area is 277 Å². The number of benzene rings is 1. The highest BCUT2D eigenvalue weighted by Crippen LogP contribution is 2.78. The van der Waals surface area contributed by atoms with Gasteiger partial charge in [-0.1, -0.05) is 72.3 Å². The number of aliphatic hydroxyl groups is 1. The van der Waals surface area contributed by atoms with Crippen LogP contribution in [0.15, 0.2) is 12.1 Å². The summed E-state index contributed by atoms with van der Waals surface area (Å²) in [7, 11) is 1.83. The maximum absolute atomic E-state index is 12.2. The van der Waals surface area contributed by atoms with Crippen molar-refractivity contribution >= 4 is 5.97 Å². The zero-order chi connectivity index (χ0) is 33.1. The Morgan fingerprint density at radius 3 is 2.37 bits per heavy atom. The molecule has 4 saturated carbocycles. The molecule has 1 aromatic carbocycles. The Kier molecular flexibility index (Phi) is 9.07. The number of phenols is 1. The monoisotopic (exact) mass is 639 g/mol. The van der Waals surface area contributed by atoms with E-state index in [0.29, 0.717) is 18.2 Å². The van der Waals surface area contributed by atoms with Crippen molar-refractivity contribution in [2.24, 2.45) is 22.7 Å². The summed E-state index contributed by atoms with van der Waals surface area (Å²) in [6.45, 7) is 13.0. The summed E-state index contributed by atoms with van der Waals surface area (Å²) in [5.41, 5.74) is 0.783. The summed E-state index contributed by atoms with van der Waals surface area (Å²) in [5, 5.41) is 31.5. The molecule has 0 unspecified atom stereocenters. The first-order valence-electron chi connectivity index (χ1n) is 18.5. The molecule has 0 amide bonds. The summed E-state index contributed by atoms with van der Waals surface area (Å²) in [6, 6.07) is 4.46. The lowest BCUT2D eigenvalue weighted by atomic mass is 9.33. The van der Waals surface area contributed by atoms with Crippen molar-refractivity contribution < 1.29 is 29.6 Å². The van der Waals surface area contributed by atoms with E-state index in [4.69, 9.17) is 14.6 Å². The lowest BCUT2D eigenvalue weighted by Crippen LogP contribution is -2.83. The summed E-state index contributed by atoms with van der Waals surface area (Å²) in [6.07, 6.45) is 16.3. The van der Waals surface area contributed by atoms with Gasteiger partial charge in [-0.3, -0.25) is 9.69 Å². The summed E-state index contributed by atoms with van der Waals surface area (Å²) in [5.74, 6) is 1.14.